The number of sulfonamides is 1. The normalized spacial score (nSPS) is 10.8. The number of nitrogens with zero attached hydrogens (tertiary/aromatic N) is 1. The summed E-state index contributed by atoms with van der Waals surface area (Å²) in [7, 11) is -4.19. The quantitative estimate of drug-likeness (QED) is 0.135. The van der Waals surface area contributed by atoms with Crippen LogP contribution in [0.25, 0.3) is 0 Å². The standard InChI is InChI=1S/C34H34N4O8S/c1-24-7-5-6-10-29(24)33(41)45-22-21-36-34(42)46-31-18-14-27(23-37-31)32(40)38-47(43,44)28-15-11-26(12-16-28)19-20-35-30(39)17-13-25-8-3-2-4-9-25/h2-12,14-16,18,23H,13,17,19-22H2,1H3,(H,35,39)(H,36,42)(H,38,40). The van der Waals surface area contributed by atoms with Gasteiger partial charge in [0.05, 0.1) is 22.6 Å². The Morgan fingerprint density at radius 2 is 1.47 bits per heavy atom. The summed E-state index contributed by atoms with van der Waals surface area (Å²) in [6.45, 7) is 2.09. The molecule has 12 nitrogen and oxygen atoms in total. The summed E-state index contributed by atoms with van der Waals surface area (Å²) in [6.07, 6.45) is 1.72. The predicted octanol–water partition coefficient (Wildman–Crippen LogP) is 3.75. The SMILES string of the molecule is Cc1ccccc1C(=O)OCCNC(=O)Oc1ccc(C(=O)NS(=O)(=O)c2ccc(CCNC(=O)CCc3ccccc3)cc2)cn1. The summed E-state index contributed by atoms with van der Waals surface area (Å²) in [4.78, 5) is 52.6. The first-order chi connectivity index (χ1) is 22.6. The topological polar surface area (TPSA) is 170 Å². The van der Waals surface area contributed by atoms with Crippen LogP contribution in [0.2, 0.25) is 0 Å². The Balaban J connectivity index is 1.17. The second-order valence-corrected chi connectivity index (χ2v) is 12.0. The zero-order valence-corrected chi connectivity index (χ0v) is 26.4. The van der Waals surface area contributed by atoms with Crippen LogP contribution in [0.4, 0.5) is 4.79 Å². The Kier molecular flexibility index (Phi) is 12.2. The molecule has 3 aromatic carbocycles. The maximum absolute atomic E-state index is 12.8. The Hall–Kier alpha value is -5.56. The van der Waals surface area contributed by atoms with Crippen molar-refractivity contribution in [2.75, 3.05) is 19.7 Å². The van der Waals surface area contributed by atoms with Crippen molar-refractivity contribution in [3.63, 3.8) is 0 Å². The summed E-state index contributed by atoms with van der Waals surface area (Å²) < 4.78 is 37.7. The van der Waals surface area contributed by atoms with Crippen LogP contribution in [0.1, 0.15) is 43.8 Å². The van der Waals surface area contributed by atoms with E-state index in [1.54, 1.807) is 43.3 Å². The van der Waals surface area contributed by atoms with E-state index in [2.05, 4.69) is 15.6 Å². The van der Waals surface area contributed by atoms with Crippen molar-refractivity contribution in [2.45, 2.75) is 31.1 Å². The number of rotatable bonds is 14. The smallest absolute Gasteiger partial charge is 0.414 e. The summed E-state index contributed by atoms with van der Waals surface area (Å²) in [5.74, 6) is -1.64. The lowest BCUT2D eigenvalue weighted by molar-refractivity contribution is -0.121. The van der Waals surface area contributed by atoms with Crippen LogP contribution >= 0.6 is 0 Å². The van der Waals surface area contributed by atoms with Crippen LogP contribution in [-0.4, -0.2) is 57.0 Å². The molecular weight excluding hydrogens is 624 g/mol. The van der Waals surface area contributed by atoms with Gasteiger partial charge in [0, 0.05) is 25.2 Å². The maximum atomic E-state index is 12.8. The van der Waals surface area contributed by atoms with Gasteiger partial charge in [0.2, 0.25) is 11.8 Å². The number of carbonyl (C=O) groups is 4. The molecule has 0 spiro atoms. The van der Waals surface area contributed by atoms with Crippen molar-refractivity contribution in [3.8, 4) is 5.88 Å². The lowest BCUT2D eigenvalue weighted by atomic mass is 10.1. The third-order valence-corrected chi connectivity index (χ3v) is 8.19. The van der Waals surface area contributed by atoms with Crippen molar-refractivity contribution in [2.24, 2.45) is 0 Å². The van der Waals surface area contributed by atoms with E-state index in [-0.39, 0.29) is 35.4 Å². The zero-order valence-electron chi connectivity index (χ0n) is 25.6. The minimum Gasteiger partial charge on any atom is -0.460 e. The minimum absolute atomic E-state index is 0.0124. The molecule has 0 unspecified atom stereocenters. The minimum atomic E-state index is -4.19. The fraction of sp³-hybridized carbons (Fsp3) is 0.206. The van der Waals surface area contributed by atoms with Crippen LogP contribution < -0.4 is 20.1 Å². The summed E-state index contributed by atoms with van der Waals surface area (Å²) in [5.41, 5.74) is 3.01. The lowest BCUT2D eigenvalue weighted by Crippen LogP contribution is -2.31. The molecule has 0 aliphatic carbocycles. The highest BCUT2D eigenvalue weighted by Crippen LogP contribution is 2.14. The van der Waals surface area contributed by atoms with E-state index in [1.807, 2.05) is 35.1 Å². The van der Waals surface area contributed by atoms with Gasteiger partial charge in [-0.2, -0.15) is 0 Å². The number of aromatic nitrogens is 1. The molecule has 0 saturated heterocycles. The van der Waals surface area contributed by atoms with Gasteiger partial charge >= 0.3 is 12.1 Å². The fourth-order valence-corrected chi connectivity index (χ4v) is 5.27. The molecule has 4 aromatic rings. The van der Waals surface area contributed by atoms with Crippen LogP contribution in [0.5, 0.6) is 5.88 Å². The number of benzene rings is 3. The molecule has 0 bridgehead atoms. The second-order valence-electron chi connectivity index (χ2n) is 10.3. The number of hydrogen-bond acceptors (Lipinski definition) is 9. The van der Waals surface area contributed by atoms with Gasteiger partial charge in [0.1, 0.15) is 6.61 Å². The van der Waals surface area contributed by atoms with E-state index >= 15 is 0 Å². The van der Waals surface area contributed by atoms with Crippen molar-refractivity contribution < 1.29 is 37.1 Å². The third kappa shape index (κ3) is 10.8. The molecule has 3 amide bonds. The Labute approximate surface area is 272 Å². The van der Waals surface area contributed by atoms with Crippen molar-refractivity contribution in [3.05, 3.63) is 125 Å². The number of pyridine rings is 1. The first-order valence-corrected chi connectivity index (χ1v) is 16.2. The molecule has 47 heavy (non-hydrogen) atoms. The van der Waals surface area contributed by atoms with Gasteiger partial charge < -0.3 is 20.1 Å². The number of amides is 3. The first kappa shape index (κ1) is 34.3. The number of aryl methyl sites for hydroxylation is 2. The molecular formula is C34H34N4O8S. The monoisotopic (exact) mass is 658 g/mol. The molecule has 3 N–H and O–H groups in total. The average molecular weight is 659 g/mol. The molecule has 0 aliphatic heterocycles. The molecule has 0 atom stereocenters. The number of esters is 1. The van der Waals surface area contributed by atoms with Crippen LogP contribution in [-0.2, 0) is 32.4 Å². The molecule has 0 aliphatic rings. The van der Waals surface area contributed by atoms with Crippen molar-refractivity contribution in [1.29, 1.82) is 0 Å². The summed E-state index contributed by atoms with van der Waals surface area (Å²) in [6, 6.07) is 25.1. The average Bonchev–Trinajstić information content (AvgIpc) is 3.06. The largest absolute Gasteiger partial charge is 0.460 e. The molecule has 0 radical (unpaired) electrons. The highest BCUT2D eigenvalue weighted by molar-refractivity contribution is 7.90. The van der Waals surface area contributed by atoms with Gasteiger partial charge in [-0.3, -0.25) is 9.59 Å². The number of hydrogen-bond donors (Lipinski definition) is 3. The first-order valence-electron chi connectivity index (χ1n) is 14.7. The van der Waals surface area contributed by atoms with Gasteiger partial charge in [-0.15, -0.1) is 0 Å². The van der Waals surface area contributed by atoms with Crippen LogP contribution in [0.15, 0.2) is 102 Å². The summed E-state index contributed by atoms with van der Waals surface area (Å²) in [5, 5.41) is 5.27. The highest BCUT2D eigenvalue weighted by atomic mass is 32.2. The van der Waals surface area contributed by atoms with Gasteiger partial charge in [-0.25, -0.2) is 27.7 Å². The van der Waals surface area contributed by atoms with E-state index in [9.17, 15) is 27.6 Å². The predicted molar refractivity (Wildman–Crippen MR) is 172 cm³/mol. The molecule has 0 fully saturated rings. The summed E-state index contributed by atoms with van der Waals surface area (Å²) >= 11 is 0. The number of ether oxygens (including phenoxy) is 2. The Morgan fingerprint density at radius 1 is 0.766 bits per heavy atom. The maximum Gasteiger partial charge on any atom is 0.414 e. The lowest BCUT2D eigenvalue weighted by Gasteiger charge is -2.10. The molecule has 1 aromatic heterocycles. The van der Waals surface area contributed by atoms with Crippen LogP contribution in [0, 0.1) is 6.92 Å². The van der Waals surface area contributed by atoms with Gasteiger partial charge in [-0.05, 0) is 60.7 Å². The van der Waals surface area contributed by atoms with Gasteiger partial charge in [-0.1, -0.05) is 60.7 Å². The highest BCUT2D eigenvalue weighted by Gasteiger charge is 2.19. The zero-order chi connectivity index (χ0) is 33.6. The molecule has 0 saturated carbocycles. The molecule has 4 rings (SSSR count). The molecule has 244 valence electrons. The fourth-order valence-electron chi connectivity index (χ4n) is 4.29. The number of carbonyl (C=O) groups excluding carboxylic acids is 4. The molecule has 1 heterocycles. The third-order valence-electron chi connectivity index (χ3n) is 6.85. The van der Waals surface area contributed by atoms with Crippen molar-refractivity contribution in [1.82, 2.24) is 20.3 Å². The van der Waals surface area contributed by atoms with E-state index < -0.39 is 28.0 Å². The van der Waals surface area contributed by atoms with Gasteiger partial charge in [0.25, 0.3) is 15.9 Å². The Morgan fingerprint density at radius 3 is 2.17 bits per heavy atom. The van der Waals surface area contributed by atoms with E-state index in [4.69, 9.17) is 9.47 Å². The van der Waals surface area contributed by atoms with E-state index in [0.29, 0.717) is 31.4 Å². The molecule has 13 heteroatoms. The van der Waals surface area contributed by atoms with Crippen LogP contribution in [0.3, 0.4) is 0 Å². The van der Waals surface area contributed by atoms with Gasteiger partial charge in [0.15, 0.2) is 0 Å². The van der Waals surface area contributed by atoms with E-state index in [1.165, 1.54) is 24.3 Å². The van der Waals surface area contributed by atoms with Crippen molar-refractivity contribution >= 4 is 33.9 Å². The van der Waals surface area contributed by atoms with E-state index in [0.717, 1.165) is 22.9 Å². The number of nitrogens with one attached hydrogen (secondary N) is 3. The second kappa shape index (κ2) is 16.7. The Bertz CT molecular complexity index is 1800.